The summed E-state index contributed by atoms with van der Waals surface area (Å²) in [4.78, 5) is 30.0. The number of piperidine rings is 1. The van der Waals surface area contributed by atoms with E-state index in [0.29, 0.717) is 58.9 Å². The molecule has 0 aromatic heterocycles. The Morgan fingerprint density at radius 2 is 1.61 bits per heavy atom. The summed E-state index contributed by atoms with van der Waals surface area (Å²) in [7, 11) is 0. The van der Waals surface area contributed by atoms with Crippen LogP contribution in [0.25, 0.3) is 0 Å². The van der Waals surface area contributed by atoms with Gasteiger partial charge in [-0.1, -0.05) is 12.1 Å². The van der Waals surface area contributed by atoms with Crippen LogP contribution in [0.4, 0.5) is 13.2 Å². The number of ether oxygens (including phenoxy) is 1. The van der Waals surface area contributed by atoms with Crippen molar-refractivity contribution >= 4 is 11.8 Å². The smallest absolute Gasteiger partial charge is 0.381 e. The minimum absolute atomic E-state index is 0.000362. The number of nitriles is 1. The Hall–Kier alpha value is -2.64. The Bertz CT molecular complexity index is 987. The van der Waals surface area contributed by atoms with E-state index in [1.807, 2.05) is 4.90 Å². The highest BCUT2D eigenvalue weighted by atomic mass is 19.4. The summed E-state index contributed by atoms with van der Waals surface area (Å²) in [5.41, 5.74) is -3.06. The molecule has 10 heteroatoms. The number of carbonyl (C=O) groups is 2. The number of likely N-dealkylation sites (tertiary alicyclic amines) is 1. The zero-order chi connectivity index (χ0) is 26.1. The molecule has 1 unspecified atom stereocenters. The molecule has 36 heavy (non-hydrogen) atoms. The standard InChI is InChI=1S/C26H32F3N3O4/c1-25(35,26(27,28)29)19-4-2-18(3-5-19)23(33)32(20-6-7-20)21-8-12-31(13-9-21)24(34)22(16-30)17-10-14-36-15-11-17/h2-5,17,20-22,35H,6-15H2,1H3/t22?,25-/m0/s1. The summed E-state index contributed by atoms with van der Waals surface area (Å²) in [5, 5.41) is 19.5. The number of aliphatic hydroxyl groups is 1. The molecule has 2 aliphatic heterocycles. The first-order valence-corrected chi connectivity index (χ1v) is 12.5. The van der Waals surface area contributed by atoms with Gasteiger partial charge in [-0.15, -0.1) is 0 Å². The van der Waals surface area contributed by atoms with Gasteiger partial charge in [0, 0.05) is 44.0 Å². The van der Waals surface area contributed by atoms with Gasteiger partial charge in [-0.2, -0.15) is 18.4 Å². The second-order valence-electron chi connectivity index (χ2n) is 10.2. The average molecular weight is 508 g/mol. The van der Waals surface area contributed by atoms with Crippen molar-refractivity contribution in [2.45, 2.75) is 69.3 Å². The maximum Gasteiger partial charge on any atom is 0.421 e. The van der Waals surface area contributed by atoms with Crippen molar-refractivity contribution in [1.29, 1.82) is 5.26 Å². The Morgan fingerprint density at radius 1 is 1.06 bits per heavy atom. The Labute approximate surface area is 208 Å². The van der Waals surface area contributed by atoms with E-state index in [0.717, 1.165) is 25.0 Å². The van der Waals surface area contributed by atoms with Crippen molar-refractivity contribution in [1.82, 2.24) is 9.80 Å². The molecule has 3 aliphatic rings. The zero-order valence-corrected chi connectivity index (χ0v) is 20.3. The second-order valence-corrected chi connectivity index (χ2v) is 10.2. The SMILES string of the molecule is C[C@](O)(c1ccc(C(=O)N(C2CC2)C2CCN(C(=O)C(C#N)C3CCOCC3)CC2)cc1)C(F)(F)F. The van der Waals surface area contributed by atoms with E-state index < -0.39 is 17.7 Å². The summed E-state index contributed by atoms with van der Waals surface area (Å²) >= 11 is 0. The summed E-state index contributed by atoms with van der Waals surface area (Å²) in [6, 6.07) is 7.14. The van der Waals surface area contributed by atoms with Gasteiger partial charge in [-0.05, 0) is 69.1 Å². The molecule has 1 aliphatic carbocycles. The van der Waals surface area contributed by atoms with Crippen LogP contribution in [0.5, 0.6) is 0 Å². The van der Waals surface area contributed by atoms with Crippen LogP contribution < -0.4 is 0 Å². The van der Waals surface area contributed by atoms with E-state index in [2.05, 4.69) is 6.07 Å². The average Bonchev–Trinajstić information content (AvgIpc) is 3.70. The molecule has 196 valence electrons. The van der Waals surface area contributed by atoms with E-state index in [-0.39, 0.29) is 40.9 Å². The third-order valence-corrected chi connectivity index (χ3v) is 7.73. The van der Waals surface area contributed by atoms with Gasteiger partial charge in [0.25, 0.3) is 5.91 Å². The van der Waals surface area contributed by atoms with Crippen LogP contribution in [0.1, 0.15) is 61.4 Å². The molecule has 1 aromatic rings. The number of carbonyl (C=O) groups excluding carboxylic acids is 2. The maximum atomic E-state index is 13.4. The van der Waals surface area contributed by atoms with Crippen molar-refractivity contribution in [3.8, 4) is 6.07 Å². The fraction of sp³-hybridized carbons (Fsp3) is 0.654. The van der Waals surface area contributed by atoms with Crippen LogP contribution in [-0.4, -0.2) is 71.3 Å². The minimum Gasteiger partial charge on any atom is -0.381 e. The van der Waals surface area contributed by atoms with Crippen molar-refractivity contribution < 1.29 is 32.6 Å². The second kappa shape index (κ2) is 10.4. The fourth-order valence-electron chi connectivity index (χ4n) is 5.21. The third kappa shape index (κ3) is 5.37. The number of hydrogen-bond donors (Lipinski definition) is 1. The van der Waals surface area contributed by atoms with Crippen LogP contribution in [0.15, 0.2) is 24.3 Å². The lowest BCUT2D eigenvalue weighted by Crippen LogP contribution is -2.51. The van der Waals surface area contributed by atoms with Gasteiger partial charge in [0.15, 0.2) is 5.60 Å². The topological polar surface area (TPSA) is 93.9 Å². The molecule has 0 bridgehead atoms. The van der Waals surface area contributed by atoms with Gasteiger partial charge < -0.3 is 19.6 Å². The number of rotatable bonds is 6. The van der Waals surface area contributed by atoms with Gasteiger partial charge in [0.2, 0.25) is 5.91 Å². The molecule has 7 nitrogen and oxygen atoms in total. The van der Waals surface area contributed by atoms with E-state index in [9.17, 15) is 33.1 Å². The van der Waals surface area contributed by atoms with Gasteiger partial charge in [-0.3, -0.25) is 9.59 Å². The van der Waals surface area contributed by atoms with Crippen LogP contribution in [-0.2, 0) is 15.1 Å². The number of alkyl halides is 3. The van der Waals surface area contributed by atoms with Gasteiger partial charge in [-0.25, -0.2) is 0 Å². The lowest BCUT2D eigenvalue weighted by atomic mass is 9.85. The van der Waals surface area contributed by atoms with Crippen LogP contribution in [0.2, 0.25) is 0 Å². The maximum absolute atomic E-state index is 13.4. The fourth-order valence-corrected chi connectivity index (χ4v) is 5.21. The number of halogens is 3. The largest absolute Gasteiger partial charge is 0.421 e. The van der Waals surface area contributed by atoms with Crippen molar-refractivity contribution in [2.75, 3.05) is 26.3 Å². The molecule has 3 fully saturated rings. The van der Waals surface area contributed by atoms with Gasteiger partial charge >= 0.3 is 6.18 Å². The predicted molar refractivity (Wildman–Crippen MR) is 124 cm³/mol. The first-order valence-electron chi connectivity index (χ1n) is 12.5. The molecule has 2 atom stereocenters. The molecule has 2 amide bonds. The Balaban J connectivity index is 1.41. The predicted octanol–water partition coefficient (Wildman–Crippen LogP) is 3.62. The summed E-state index contributed by atoms with van der Waals surface area (Å²) in [6.07, 6.45) is -0.540. The first kappa shape index (κ1) is 26.4. The number of nitrogens with zero attached hydrogens (tertiary/aromatic N) is 3. The molecular weight excluding hydrogens is 475 g/mol. The number of amides is 2. The summed E-state index contributed by atoms with van der Waals surface area (Å²) < 4.78 is 44.8. The molecule has 0 spiro atoms. The third-order valence-electron chi connectivity index (χ3n) is 7.73. The first-order chi connectivity index (χ1) is 17.0. The van der Waals surface area contributed by atoms with Crippen molar-refractivity contribution in [3.63, 3.8) is 0 Å². The van der Waals surface area contributed by atoms with Crippen molar-refractivity contribution in [2.24, 2.45) is 11.8 Å². The van der Waals surface area contributed by atoms with E-state index in [1.165, 1.54) is 12.1 Å². The zero-order valence-electron chi connectivity index (χ0n) is 20.3. The molecular formula is C26H32F3N3O4. The molecule has 1 saturated carbocycles. The highest BCUT2D eigenvalue weighted by molar-refractivity contribution is 5.95. The monoisotopic (exact) mass is 507 g/mol. The van der Waals surface area contributed by atoms with E-state index in [1.54, 1.807) is 4.90 Å². The highest BCUT2D eigenvalue weighted by Gasteiger charge is 2.51. The van der Waals surface area contributed by atoms with Crippen LogP contribution in [0.3, 0.4) is 0 Å². The van der Waals surface area contributed by atoms with Crippen molar-refractivity contribution in [3.05, 3.63) is 35.4 Å². The lowest BCUT2D eigenvalue weighted by Gasteiger charge is -2.40. The Morgan fingerprint density at radius 3 is 2.11 bits per heavy atom. The van der Waals surface area contributed by atoms with E-state index in [4.69, 9.17) is 4.74 Å². The molecule has 2 heterocycles. The Kier molecular flexibility index (Phi) is 7.62. The van der Waals surface area contributed by atoms with Gasteiger partial charge in [0.05, 0.1) is 6.07 Å². The molecule has 1 N–H and O–H groups in total. The van der Waals surface area contributed by atoms with Crippen LogP contribution >= 0.6 is 0 Å². The van der Waals surface area contributed by atoms with E-state index >= 15 is 0 Å². The normalized spacial score (nSPS) is 22.4. The van der Waals surface area contributed by atoms with Crippen LogP contribution in [0, 0.1) is 23.2 Å². The lowest BCUT2D eigenvalue weighted by molar-refractivity contribution is -0.258. The molecule has 4 rings (SSSR count). The number of hydrogen-bond acceptors (Lipinski definition) is 5. The number of benzene rings is 1. The highest BCUT2D eigenvalue weighted by Crippen LogP contribution is 2.39. The minimum atomic E-state index is -4.83. The molecule has 1 aromatic carbocycles. The van der Waals surface area contributed by atoms with Gasteiger partial charge in [0.1, 0.15) is 5.92 Å². The summed E-state index contributed by atoms with van der Waals surface area (Å²) in [5.74, 6) is -1.09. The molecule has 0 radical (unpaired) electrons. The quantitative estimate of drug-likeness (QED) is 0.635. The molecule has 2 saturated heterocycles. The summed E-state index contributed by atoms with van der Waals surface area (Å²) in [6.45, 7) is 2.72.